The maximum atomic E-state index is 10.4. The Labute approximate surface area is 67.3 Å². The first-order chi connectivity index (χ1) is 5.25. The molecule has 0 aromatic carbocycles. The first-order valence-electron chi connectivity index (χ1n) is 4.00. The monoisotopic (exact) mass is 157 g/mol. The number of nitrogens with zero attached hydrogens (tertiary/aromatic N) is 1. The number of carbonyl (C=O) groups is 1. The van der Waals surface area contributed by atoms with Crippen molar-refractivity contribution in [2.24, 2.45) is 0 Å². The van der Waals surface area contributed by atoms with Gasteiger partial charge in [0.2, 0.25) is 0 Å². The molecule has 0 spiro atoms. The van der Waals surface area contributed by atoms with Crippen molar-refractivity contribution in [3.05, 3.63) is 0 Å². The Bertz CT molecular complexity index is 132. The molecule has 2 atom stereocenters. The zero-order valence-corrected chi connectivity index (χ0v) is 7.12. The lowest BCUT2D eigenvalue weighted by Gasteiger charge is -2.25. The van der Waals surface area contributed by atoms with E-state index in [4.69, 9.17) is 4.74 Å². The third-order valence-electron chi connectivity index (χ3n) is 2.32. The quantitative estimate of drug-likeness (QED) is 0.552. The zero-order valence-electron chi connectivity index (χ0n) is 7.12. The van der Waals surface area contributed by atoms with Gasteiger partial charge in [-0.3, -0.25) is 4.90 Å². The largest absolute Gasteiger partial charge is 0.380 e. The standard InChI is InChI=1S/C8H15NO2/c1-7(5-10)9(2)8-3-4-11-6-8/h5,7-8H,3-4,6H2,1-2H3. The fourth-order valence-electron chi connectivity index (χ4n) is 1.27. The lowest BCUT2D eigenvalue weighted by Crippen LogP contribution is -2.39. The van der Waals surface area contributed by atoms with Gasteiger partial charge in [0.15, 0.2) is 0 Å². The minimum Gasteiger partial charge on any atom is -0.380 e. The molecule has 1 fully saturated rings. The van der Waals surface area contributed by atoms with E-state index in [0.29, 0.717) is 6.04 Å². The maximum absolute atomic E-state index is 10.4. The summed E-state index contributed by atoms with van der Waals surface area (Å²) in [6.45, 7) is 3.51. The predicted molar refractivity (Wildman–Crippen MR) is 42.5 cm³/mol. The average molecular weight is 157 g/mol. The molecular formula is C8H15NO2. The third kappa shape index (κ3) is 2.01. The van der Waals surface area contributed by atoms with Crippen LogP contribution in [0, 0.1) is 0 Å². The van der Waals surface area contributed by atoms with Crippen LogP contribution in [0.2, 0.25) is 0 Å². The van der Waals surface area contributed by atoms with Crippen molar-refractivity contribution >= 4 is 6.29 Å². The molecule has 64 valence electrons. The summed E-state index contributed by atoms with van der Waals surface area (Å²) in [5, 5.41) is 0. The van der Waals surface area contributed by atoms with Gasteiger partial charge in [0, 0.05) is 12.6 Å². The van der Waals surface area contributed by atoms with Crippen LogP contribution in [0.1, 0.15) is 13.3 Å². The minimum absolute atomic E-state index is 0.0155. The molecule has 3 heteroatoms. The molecule has 11 heavy (non-hydrogen) atoms. The van der Waals surface area contributed by atoms with E-state index in [-0.39, 0.29) is 6.04 Å². The molecule has 1 aliphatic rings. The fraction of sp³-hybridized carbons (Fsp3) is 0.875. The SMILES string of the molecule is CC(C=O)N(C)C1CCOC1. The van der Waals surface area contributed by atoms with E-state index < -0.39 is 0 Å². The van der Waals surface area contributed by atoms with Crippen LogP contribution < -0.4 is 0 Å². The molecule has 0 aliphatic carbocycles. The number of carbonyl (C=O) groups excluding carboxylic acids is 1. The van der Waals surface area contributed by atoms with Crippen LogP contribution in [-0.2, 0) is 9.53 Å². The molecule has 0 aromatic rings. The van der Waals surface area contributed by atoms with Gasteiger partial charge in [-0.1, -0.05) is 0 Å². The van der Waals surface area contributed by atoms with E-state index in [1.807, 2.05) is 14.0 Å². The van der Waals surface area contributed by atoms with Crippen LogP contribution in [0.25, 0.3) is 0 Å². The molecular weight excluding hydrogens is 142 g/mol. The highest BCUT2D eigenvalue weighted by Gasteiger charge is 2.23. The van der Waals surface area contributed by atoms with Crippen molar-refractivity contribution in [3.63, 3.8) is 0 Å². The van der Waals surface area contributed by atoms with Crippen LogP contribution in [0.4, 0.5) is 0 Å². The predicted octanol–water partition coefficient (Wildman–Crippen LogP) is 0.294. The van der Waals surface area contributed by atoms with Crippen molar-refractivity contribution in [1.82, 2.24) is 4.90 Å². The second-order valence-corrected chi connectivity index (χ2v) is 3.06. The summed E-state index contributed by atoms with van der Waals surface area (Å²) in [6, 6.07) is 0.455. The summed E-state index contributed by atoms with van der Waals surface area (Å²) in [7, 11) is 1.97. The molecule has 0 aromatic heterocycles. The van der Waals surface area contributed by atoms with E-state index >= 15 is 0 Å². The van der Waals surface area contributed by atoms with Gasteiger partial charge in [-0.25, -0.2) is 0 Å². The van der Waals surface area contributed by atoms with Gasteiger partial charge in [-0.2, -0.15) is 0 Å². The Hall–Kier alpha value is -0.410. The molecule has 1 rings (SSSR count). The molecule has 3 nitrogen and oxygen atoms in total. The van der Waals surface area contributed by atoms with Crippen LogP contribution in [-0.4, -0.2) is 43.5 Å². The van der Waals surface area contributed by atoms with Gasteiger partial charge >= 0.3 is 0 Å². The topological polar surface area (TPSA) is 29.5 Å². The van der Waals surface area contributed by atoms with Gasteiger partial charge in [0.05, 0.1) is 12.6 Å². The van der Waals surface area contributed by atoms with Gasteiger partial charge in [0.1, 0.15) is 6.29 Å². The molecule has 1 saturated heterocycles. The summed E-state index contributed by atoms with van der Waals surface area (Å²) in [4.78, 5) is 12.5. The number of hydrogen-bond acceptors (Lipinski definition) is 3. The number of hydrogen-bond donors (Lipinski definition) is 0. The Morgan fingerprint density at radius 2 is 2.45 bits per heavy atom. The van der Waals surface area contributed by atoms with Gasteiger partial charge in [-0.05, 0) is 20.4 Å². The Balaban J connectivity index is 2.38. The van der Waals surface area contributed by atoms with Crippen LogP contribution in [0.5, 0.6) is 0 Å². The highest BCUT2D eigenvalue weighted by Crippen LogP contribution is 2.11. The molecule has 0 amide bonds. The summed E-state index contributed by atoms with van der Waals surface area (Å²) in [5.74, 6) is 0. The normalized spacial score (nSPS) is 27.4. The Morgan fingerprint density at radius 1 is 1.73 bits per heavy atom. The van der Waals surface area contributed by atoms with Gasteiger partial charge in [0.25, 0.3) is 0 Å². The van der Waals surface area contributed by atoms with Crippen LogP contribution in [0.15, 0.2) is 0 Å². The molecule has 0 radical (unpaired) electrons. The van der Waals surface area contributed by atoms with E-state index in [0.717, 1.165) is 25.9 Å². The van der Waals surface area contributed by atoms with Crippen molar-refractivity contribution in [3.8, 4) is 0 Å². The zero-order chi connectivity index (χ0) is 8.27. The van der Waals surface area contributed by atoms with E-state index in [1.54, 1.807) is 0 Å². The Morgan fingerprint density at radius 3 is 2.91 bits per heavy atom. The average Bonchev–Trinajstić information content (AvgIpc) is 2.53. The maximum Gasteiger partial charge on any atom is 0.136 e. The van der Waals surface area contributed by atoms with Gasteiger partial charge in [-0.15, -0.1) is 0 Å². The third-order valence-corrected chi connectivity index (χ3v) is 2.32. The summed E-state index contributed by atoms with van der Waals surface area (Å²) in [6.07, 6.45) is 2.02. The number of ether oxygens (including phenoxy) is 1. The molecule has 0 saturated carbocycles. The molecule has 1 heterocycles. The second-order valence-electron chi connectivity index (χ2n) is 3.06. The van der Waals surface area contributed by atoms with E-state index in [2.05, 4.69) is 4.90 Å². The second kappa shape index (κ2) is 3.83. The smallest absolute Gasteiger partial charge is 0.136 e. The lowest BCUT2D eigenvalue weighted by molar-refractivity contribution is -0.112. The highest BCUT2D eigenvalue weighted by molar-refractivity contribution is 5.56. The van der Waals surface area contributed by atoms with Crippen LogP contribution in [0.3, 0.4) is 0 Å². The fourth-order valence-corrected chi connectivity index (χ4v) is 1.27. The molecule has 2 unspecified atom stereocenters. The molecule has 0 N–H and O–H groups in total. The Kier molecular flexibility index (Phi) is 3.02. The summed E-state index contributed by atoms with van der Waals surface area (Å²) < 4.78 is 5.22. The molecule has 1 aliphatic heterocycles. The first-order valence-corrected chi connectivity index (χ1v) is 4.00. The lowest BCUT2D eigenvalue weighted by atomic mass is 10.2. The van der Waals surface area contributed by atoms with Crippen molar-refractivity contribution in [1.29, 1.82) is 0 Å². The highest BCUT2D eigenvalue weighted by atomic mass is 16.5. The van der Waals surface area contributed by atoms with E-state index in [9.17, 15) is 4.79 Å². The van der Waals surface area contributed by atoms with Crippen LogP contribution >= 0.6 is 0 Å². The first kappa shape index (κ1) is 8.68. The van der Waals surface area contributed by atoms with Crippen molar-refractivity contribution in [2.45, 2.75) is 25.4 Å². The summed E-state index contributed by atoms with van der Waals surface area (Å²) in [5.41, 5.74) is 0. The minimum atomic E-state index is 0.0155. The number of rotatable bonds is 3. The molecule has 0 bridgehead atoms. The van der Waals surface area contributed by atoms with Gasteiger partial charge < -0.3 is 9.53 Å². The number of aldehydes is 1. The van der Waals surface area contributed by atoms with E-state index in [1.165, 1.54) is 0 Å². The van der Waals surface area contributed by atoms with Crippen molar-refractivity contribution in [2.75, 3.05) is 20.3 Å². The van der Waals surface area contributed by atoms with Crippen molar-refractivity contribution < 1.29 is 9.53 Å². The number of likely N-dealkylation sites (N-methyl/N-ethyl adjacent to an activating group) is 1. The summed E-state index contributed by atoms with van der Waals surface area (Å²) >= 11 is 0.